The van der Waals surface area contributed by atoms with Crippen molar-refractivity contribution in [3.63, 3.8) is 0 Å². The molecule has 2 rings (SSSR count). The average molecular weight is 308 g/mol. The first kappa shape index (κ1) is 16.0. The van der Waals surface area contributed by atoms with Crippen molar-refractivity contribution in [3.05, 3.63) is 22.4 Å². The summed E-state index contributed by atoms with van der Waals surface area (Å²) < 4.78 is 0. The van der Waals surface area contributed by atoms with E-state index < -0.39 is 0 Å². The Hall–Kier alpha value is -1.36. The van der Waals surface area contributed by atoms with Gasteiger partial charge in [0, 0.05) is 32.5 Å². The predicted octanol–water partition coefficient (Wildman–Crippen LogP) is 2.59. The van der Waals surface area contributed by atoms with Crippen LogP contribution in [0.5, 0.6) is 0 Å². The summed E-state index contributed by atoms with van der Waals surface area (Å²) in [5.74, 6) is 0.375. The number of hydrogen-bond donors (Lipinski definition) is 1. The second-order valence-electron chi connectivity index (χ2n) is 5.53. The number of thiophene rings is 1. The van der Waals surface area contributed by atoms with Gasteiger partial charge in [0.05, 0.1) is 0 Å². The second-order valence-corrected chi connectivity index (χ2v) is 6.31. The average Bonchev–Trinajstić information content (AvgIpc) is 2.92. The third kappa shape index (κ3) is 5.87. The van der Waals surface area contributed by atoms with Gasteiger partial charge in [0.1, 0.15) is 0 Å². The van der Waals surface area contributed by atoms with Gasteiger partial charge in [-0.25, -0.2) is 0 Å². The lowest BCUT2D eigenvalue weighted by Crippen LogP contribution is -2.34. The zero-order chi connectivity index (χ0) is 14.9. The molecule has 21 heavy (non-hydrogen) atoms. The molecule has 0 radical (unpaired) electrons. The van der Waals surface area contributed by atoms with Crippen LogP contribution in [0.4, 0.5) is 0 Å². The van der Waals surface area contributed by atoms with Gasteiger partial charge in [-0.2, -0.15) is 11.3 Å². The van der Waals surface area contributed by atoms with E-state index in [1.807, 2.05) is 10.3 Å². The van der Waals surface area contributed by atoms with Crippen molar-refractivity contribution in [3.8, 4) is 0 Å². The van der Waals surface area contributed by atoms with Crippen LogP contribution >= 0.6 is 11.3 Å². The van der Waals surface area contributed by atoms with Crippen molar-refractivity contribution in [2.45, 2.75) is 44.9 Å². The fourth-order valence-electron chi connectivity index (χ4n) is 2.55. The Morgan fingerprint density at radius 3 is 3.05 bits per heavy atom. The van der Waals surface area contributed by atoms with Crippen LogP contribution in [0.3, 0.4) is 0 Å². The van der Waals surface area contributed by atoms with Crippen LogP contribution in [0, 0.1) is 0 Å². The first-order valence-corrected chi connectivity index (χ1v) is 8.75. The van der Waals surface area contributed by atoms with Crippen LogP contribution in [0.15, 0.2) is 16.8 Å². The highest BCUT2D eigenvalue weighted by atomic mass is 32.1. The summed E-state index contributed by atoms with van der Waals surface area (Å²) in [6, 6.07) is 2.06. The quantitative estimate of drug-likeness (QED) is 0.787. The summed E-state index contributed by atoms with van der Waals surface area (Å²) in [5, 5.41) is 7.06. The molecule has 4 nitrogen and oxygen atoms in total. The molecule has 0 aromatic carbocycles. The van der Waals surface area contributed by atoms with Gasteiger partial charge in [0.25, 0.3) is 0 Å². The zero-order valence-corrected chi connectivity index (χ0v) is 13.3. The van der Waals surface area contributed by atoms with Crippen LogP contribution in [-0.2, 0) is 16.0 Å². The maximum absolute atomic E-state index is 11.8. The van der Waals surface area contributed by atoms with Gasteiger partial charge in [-0.3, -0.25) is 9.59 Å². The maximum Gasteiger partial charge on any atom is 0.222 e. The minimum atomic E-state index is 0.100. The van der Waals surface area contributed by atoms with Crippen molar-refractivity contribution in [1.82, 2.24) is 10.2 Å². The maximum atomic E-state index is 11.8. The Labute approximate surface area is 130 Å². The van der Waals surface area contributed by atoms with Gasteiger partial charge in [-0.15, -0.1) is 0 Å². The summed E-state index contributed by atoms with van der Waals surface area (Å²) in [6.07, 6.45) is 6.16. The van der Waals surface area contributed by atoms with E-state index in [1.54, 1.807) is 11.3 Å². The summed E-state index contributed by atoms with van der Waals surface area (Å²) in [7, 11) is 0. The first-order valence-electron chi connectivity index (χ1n) is 7.81. The Kier molecular flexibility index (Phi) is 6.73. The molecule has 0 saturated carbocycles. The van der Waals surface area contributed by atoms with Gasteiger partial charge < -0.3 is 10.2 Å². The van der Waals surface area contributed by atoms with Gasteiger partial charge in [-0.05, 0) is 48.1 Å². The van der Waals surface area contributed by atoms with Crippen LogP contribution in [0.2, 0.25) is 0 Å². The van der Waals surface area contributed by atoms with Crippen LogP contribution in [0.1, 0.15) is 44.1 Å². The minimum Gasteiger partial charge on any atom is -0.356 e. The van der Waals surface area contributed by atoms with E-state index in [1.165, 1.54) is 5.56 Å². The number of nitrogens with zero attached hydrogens (tertiary/aromatic N) is 1. The monoisotopic (exact) mass is 308 g/mol. The molecule has 1 aromatic heterocycles. The van der Waals surface area contributed by atoms with E-state index in [0.29, 0.717) is 19.4 Å². The molecule has 1 aromatic rings. The van der Waals surface area contributed by atoms with Gasteiger partial charge in [0.2, 0.25) is 11.8 Å². The predicted molar refractivity (Wildman–Crippen MR) is 85.3 cm³/mol. The zero-order valence-electron chi connectivity index (χ0n) is 12.5. The lowest BCUT2D eigenvalue weighted by Gasteiger charge is -2.20. The van der Waals surface area contributed by atoms with E-state index in [2.05, 4.69) is 16.8 Å². The molecule has 0 unspecified atom stereocenters. The number of carbonyl (C=O) groups is 2. The van der Waals surface area contributed by atoms with Crippen LogP contribution in [-0.4, -0.2) is 36.3 Å². The van der Waals surface area contributed by atoms with Gasteiger partial charge >= 0.3 is 0 Å². The van der Waals surface area contributed by atoms with E-state index in [4.69, 9.17) is 0 Å². The number of carbonyl (C=O) groups excluding carboxylic acids is 2. The van der Waals surface area contributed by atoms with E-state index in [0.717, 1.165) is 45.2 Å². The standard InChI is InChI=1S/C16H24N2O2S/c19-15(7-6-14-8-12-21-13-14)17-9-4-11-18-10-3-1-2-5-16(18)20/h8,12-13H,1-7,9-11H2,(H,17,19). The Bertz CT molecular complexity index is 445. The topological polar surface area (TPSA) is 49.4 Å². The molecule has 116 valence electrons. The molecular formula is C16H24N2O2S. The molecule has 2 heterocycles. The molecule has 0 bridgehead atoms. The molecule has 0 aliphatic carbocycles. The molecule has 2 amide bonds. The molecule has 5 heteroatoms. The molecule has 0 spiro atoms. The smallest absolute Gasteiger partial charge is 0.222 e. The van der Waals surface area contributed by atoms with E-state index >= 15 is 0 Å². The van der Waals surface area contributed by atoms with Gasteiger partial charge in [0.15, 0.2) is 0 Å². The van der Waals surface area contributed by atoms with Crippen LogP contribution in [0.25, 0.3) is 0 Å². The van der Waals surface area contributed by atoms with Crippen molar-refractivity contribution in [2.75, 3.05) is 19.6 Å². The molecule has 1 saturated heterocycles. The van der Waals surface area contributed by atoms with E-state index in [-0.39, 0.29) is 11.8 Å². The summed E-state index contributed by atoms with van der Waals surface area (Å²) in [6.45, 7) is 2.31. The number of hydrogen-bond acceptors (Lipinski definition) is 3. The molecule has 1 aliphatic heterocycles. The van der Waals surface area contributed by atoms with Crippen molar-refractivity contribution in [1.29, 1.82) is 0 Å². The molecule has 0 atom stereocenters. The number of amides is 2. The first-order chi connectivity index (χ1) is 10.3. The molecule has 1 aliphatic rings. The number of aryl methyl sites for hydroxylation is 1. The largest absolute Gasteiger partial charge is 0.356 e. The van der Waals surface area contributed by atoms with Crippen molar-refractivity contribution in [2.24, 2.45) is 0 Å². The third-order valence-corrected chi connectivity index (χ3v) is 4.55. The van der Waals surface area contributed by atoms with Crippen molar-refractivity contribution >= 4 is 23.2 Å². The number of likely N-dealkylation sites (tertiary alicyclic amines) is 1. The normalized spacial score (nSPS) is 15.8. The van der Waals surface area contributed by atoms with Crippen molar-refractivity contribution < 1.29 is 9.59 Å². The number of nitrogens with one attached hydrogen (secondary N) is 1. The SMILES string of the molecule is O=C(CCc1ccsc1)NCCCN1CCCCCC1=O. The number of rotatable bonds is 7. The van der Waals surface area contributed by atoms with Crippen LogP contribution < -0.4 is 5.32 Å². The summed E-state index contributed by atoms with van der Waals surface area (Å²) in [5.41, 5.74) is 1.23. The Morgan fingerprint density at radius 2 is 2.24 bits per heavy atom. The third-order valence-electron chi connectivity index (χ3n) is 3.82. The molecule has 1 fully saturated rings. The lowest BCUT2D eigenvalue weighted by atomic mass is 10.2. The lowest BCUT2D eigenvalue weighted by molar-refractivity contribution is -0.130. The Morgan fingerprint density at radius 1 is 1.33 bits per heavy atom. The highest BCUT2D eigenvalue weighted by Crippen LogP contribution is 2.11. The second kappa shape index (κ2) is 8.82. The van der Waals surface area contributed by atoms with E-state index in [9.17, 15) is 9.59 Å². The summed E-state index contributed by atoms with van der Waals surface area (Å²) in [4.78, 5) is 25.5. The molecule has 1 N–H and O–H groups in total. The molecular weight excluding hydrogens is 284 g/mol. The Balaban J connectivity index is 1.56. The summed E-state index contributed by atoms with van der Waals surface area (Å²) >= 11 is 1.66. The fourth-order valence-corrected chi connectivity index (χ4v) is 3.26. The highest BCUT2D eigenvalue weighted by molar-refractivity contribution is 7.07. The minimum absolute atomic E-state index is 0.100. The fraction of sp³-hybridized carbons (Fsp3) is 0.625. The highest BCUT2D eigenvalue weighted by Gasteiger charge is 2.15. The van der Waals surface area contributed by atoms with Gasteiger partial charge in [-0.1, -0.05) is 6.42 Å².